The van der Waals surface area contributed by atoms with E-state index in [0.717, 1.165) is 33.8 Å². The summed E-state index contributed by atoms with van der Waals surface area (Å²) in [5.41, 5.74) is 11.5. The largest absolute Gasteiger partial charge is 0.309 e. The molecule has 0 N–H and O–H groups in total. The van der Waals surface area contributed by atoms with E-state index in [9.17, 15) is 0 Å². The first kappa shape index (κ1) is 38.5. The van der Waals surface area contributed by atoms with Gasteiger partial charge in [0.1, 0.15) is 0 Å². The third-order valence-corrected chi connectivity index (χ3v) is 18.2. The standard InChI is InChI=1S/C61H45N3Si/c1-3-22-56-50(4-2)54-39-40-55-53-35-16-19-38-59(53)63(43-23-8-5-9-24-43)61(55)60(54)64(56)45-26-21-32-49(42-45)65(46-27-10-6-11-28-46,47-29-12-7-13-30-47)48-31-20-25-44(41-48)62-57-36-17-14-33-51(57)52-34-15-18-37-58(52)62/h3-42H,2H2,1H3/b22-3-. The summed E-state index contributed by atoms with van der Waals surface area (Å²) in [6.45, 7) is 6.53. The van der Waals surface area contributed by atoms with Crippen LogP contribution in [0.5, 0.6) is 0 Å². The Balaban J connectivity index is 1.19. The van der Waals surface area contributed by atoms with Crippen molar-refractivity contribution in [2.45, 2.75) is 6.92 Å². The minimum absolute atomic E-state index is 1.10. The molecular weight excluding hydrogens is 803 g/mol. The molecule has 12 aromatic rings. The van der Waals surface area contributed by atoms with Crippen molar-refractivity contribution >= 4 is 95.5 Å². The Kier molecular flexibility index (Phi) is 9.21. The fourth-order valence-electron chi connectivity index (χ4n) is 10.8. The van der Waals surface area contributed by atoms with E-state index in [1.807, 2.05) is 6.08 Å². The molecule has 0 bridgehead atoms. The van der Waals surface area contributed by atoms with Gasteiger partial charge in [0.25, 0.3) is 0 Å². The fourth-order valence-corrected chi connectivity index (χ4v) is 15.7. The first-order valence-corrected chi connectivity index (χ1v) is 24.4. The number of allylic oxidation sites excluding steroid dienone is 1. The minimum Gasteiger partial charge on any atom is -0.309 e. The van der Waals surface area contributed by atoms with Gasteiger partial charge in [-0.1, -0.05) is 189 Å². The van der Waals surface area contributed by atoms with Crippen LogP contribution in [0.1, 0.15) is 18.2 Å². The number of fused-ring (bicyclic) bond motifs is 8. The van der Waals surface area contributed by atoms with Crippen LogP contribution in [-0.4, -0.2) is 21.8 Å². The van der Waals surface area contributed by atoms with Crippen LogP contribution in [0, 0.1) is 0 Å². The molecule has 9 aromatic carbocycles. The number of para-hydroxylation sites is 4. The van der Waals surface area contributed by atoms with Crippen LogP contribution in [0.4, 0.5) is 0 Å². The minimum atomic E-state index is -3.06. The zero-order valence-electron chi connectivity index (χ0n) is 36.1. The van der Waals surface area contributed by atoms with Crippen molar-refractivity contribution in [3.63, 3.8) is 0 Å². The lowest BCUT2D eigenvalue weighted by Gasteiger charge is -2.35. The van der Waals surface area contributed by atoms with Gasteiger partial charge in [-0.2, -0.15) is 0 Å². The topological polar surface area (TPSA) is 14.8 Å². The molecule has 0 fully saturated rings. The highest BCUT2D eigenvalue weighted by atomic mass is 28.3. The summed E-state index contributed by atoms with van der Waals surface area (Å²) in [6, 6.07) is 83.2. The Labute approximate surface area is 379 Å². The van der Waals surface area contributed by atoms with E-state index < -0.39 is 8.07 Å². The third kappa shape index (κ3) is 5.81. The molecule has 0 radical (unpaired) electrons. The molecule has 0 aliphatic heterocycles. The number of hydrogen-bond acceptors (Lipinski definition) is 0. The summed E-state index contributed by atoms with van der Waals surface area (Å²) >= 11 is 0. The number of hydrogen-bond donors (Lipinski definition) is 0. The first-order valence-electron chi connectivity index (χ1n) is 22.4. The van der Waals surface area contributed by atoms with E-state index >= 15 is 0 Å². The van der Waals surface area contributed by atoms with Gasteiger partial charge in [0.05, 0.1) is 33.3 Å². The van der Waals surface area contributed by atoms with Gasteiger partial charge in [0.2, 0.25) is 0 Å². The zero-order chi connectivity index (χ0) is 43.5. The number of benzene rings is 9. The SMILES string of the molecule is C=Cc1c(/C=C\C)n(-c2cccc([Si](c3ccccc3)(c3ccccc3)c3cccc(-n4c5ccccc5c5ccccc54)c3)c2)c2c1ccc1c3ccccc3n(-c3ccccc3)c12. The monoisotopic (exact) mass is 847 g/mol. The van der Waals surface area contributed by atoms with Gasteiger partial charge in [-0.05, 0) is 88.3 Å². The van der Waals surface area contributed by atoms with Crippen LogP contribution in [0.2, 0.25) is 0 Å². The first-order chi connectivity index (χ1) is 32.2. The molecule has 3 nitrogen and oxygen atoms in total. The lowest BCUT2D eigenvalue weighted by atomic mass is 10.1. The van der Waals surface area contributed by atoms with E-state index in [4.69, 9.17) is 0 Å². The predicted octanol–water partition coefficient (Wildman–Crippen LogP) is 12.9. The Morgan fingerprint density at radius 1 is 0.369 bits per heavy atom. The van der Waals surface area contributed by atoms with Crippen molar-refractivity contribution in [2.75, 3.05) is 0 Å². The Morgan fingerprint density at radius 2 is 0.785 bits per heavy atom. The molecule has 3 heterocycles. The fraction of sp³-hybridized carbons (Fsp3) is 0.0164. The number of rotatable bonds is 9. The molecule has 0 spiro atoms. The van der Waals surface area contributed by atoms with Crippen LogP contribution in [0.3, 0.4) is 0 Å². The predicted molar refractivity (Wildman–Crippen MR) is 280 cm³/mol. The van der Waals surface area contributed by atoms with Crippen molar-refractivity contribution in [1.82, 2.24) is 13.7 Å². The van der Waals surface area contributed by atoms with Crippen molar-refractivity contribution in [2.24, 2.45) is 0 Å². The smallest absolute Gasteiger partial charge is 0.179 e. The van der Waals surface area contributed by atoms with Gasteiger partial charge in [0.15, 0.2) is 8.07 Å². The maximum absolute atomic E-state index is 4.43. The lowest BCUT2D eigenvalue weighted by molar-refractivity contribution is 1.10. The van der Waals surface area contributed by atoms with Crippen molar-refractivity contribution in [1.29, 1.82) is 0 Å². The molecule has 12 rings (SSSR count). The van der Waals surface area contributed by atoms with Crippen molar-refractivity contribution in [3.8, 4) is 17.1 Å². The molecule has 4 heteroatoms. The zero-order valence-corrected chi connectivity index (χ0v) is 37.1. The Morgan fingerprint density at radius 3 is 1.32 bits per heavy atom. The van der Waals surface area contributed by atoms with Gasteiger partial charge >= 0.3 is 0 Å². The maximum Gasteiger partial charge on any atom is 0.179 e. The second kappa shape index (κ2) is 15.6. The quantitative estimate of drug-likeness (QED) is 0.102. The van der Waals surface area contributed by atoms with Crippen molar-refractivity contribution in [3.05, 3.63) is 248 Å². The molecular formula is C61H45N3Si. The molecule has 65 heavy (non-hydrogen) atoms. The molecule has 0 aliphatic carbocycles. The highest BCUT2D eigenvalue weighted by Gasteiger charge is 2.42. The van der Waals surface area contributed by atoms with E-state index in [1.165, 1.54) is 69.7 Å². The van der Waals surface area contributed by atoms with Gasteiger partial charge in [-0.3, -0.25) is 0 Å². The van der Waals surface area contributed by atoms with Gasteiger partial charge < -0.3 is 13.7 Å². The van der Waals surface area contributed by atoms with Gasteiger partial charge in [-0.15, -0.1) is 0 Å². The van der Waals surface area contributed by atoms with Crippen molar-refractivity contribution < 1.29 is 0 Å². The average Bonchev–Trinajstić information content (AvgIpc) is 4.01. The molecule has 0 saturated carbocycles. The highest BCUT2D eigenvalue weighted by Crippen LogP contribution is 2.41. The number of nitrogens with zero attached hydrogens (tertiary/aromatic N) is 3. The summed E-state index contributed by atoms with van der Waals surface area (Å²) in [4.78, 5) is 0. The Hall–Kier alpha value is -8.18. The van der Waals surface area contributed by atoms with E-state index in [0.29, 0.717) is 0 Å². The molecule has 0 unspecified atom stereocenters. The summed E-state index contributed by atoms with van der Waals surface area (Å²) in [7, 11) is -3.06. The van der Waals surface area contributed by atoms with Crippen LogP contribution in [-0.2, 0) is 0 Å². The molecule has 0 amide bonds. The molecule has 3 aromatic heterocycles. The van der Waals surface area contributed by atoms with Crippen LogP contribution >= 0.6 is 0 Å². The van der Waals surface area contributed by atoms with E-state index in [-0.39, 0.29) is 0 Å². The molecule has 0 aliphatic rings. The average molecular weight is 848 g/mol. The summed E-state index contributed by atoms with van der Waals surface area (Å²) in [5.74, 6) is 0. The summed E-state index contributed by atoms with van der Waals surface area (Å²) < 4.78 is 7.40. The van der Waals surface area contributed by atoms with E-state index in [2.05, 4.69) is 264 Å². The molecule has 0 atom stereocenters. The lowest BCUT2D eigenvalue weighted by Crippen LogP contribution is -2.74. The number of aromatic nitrogens is 3. The van der Waals surface area contributed by atoms with Crippen LogP contribution in [0.25, 0.3) is 83.7 Å². The van der Waals surface area contributed by atoms with E-state index in [1.54, 1.807) is 0 Å². The van der Waals surface area contributed by atoms with Gasteiger partial charge in [-0.25, -0.2) is 0 Å². The normalized spacial score (nSPS) is 12.1. The summed E-state index contributed by atoms with van der Waals surface area (Å²) in [5, 5.41) is 11.4. The second-order valence-electron chi connectivity index (χ2n) is 16.8. The van der Waals surface area contributed by atoms with Crippen LogP contribution < -0.4 is 20.7 Å². The Bertz CT molecular complexity index is 3700. The molecule has 0 saturated heterocycles. The molecule has 308 valence electrons. The van der Waals surface area contributed by atoms with Gasteiger partial charge in [0, 0.05) is 49.6 Å². The van der Waals surface area contributed by atoms with Crippen LogP contribution in [0.15, 0.2) is 237 Å². The second-order valence-corrected chi connectivity index (χ2v) is 20.6. The highest BCUT2D eigenvalue weighted by molar-refractivity contribution is 7.20. The third-order valence-electron chi connectivity index (χ3n) is 13.5. The maximum atomic E-state index is 4.43. The summed E-state index contributed by atoms with van der Waals surface area (Å²) in [6.07, 6.45) is 6.43.